The van der Waals surface area contributed by atoms with E-state index in [0.29, 0.717) is 16.0 Å². The monoisotopic (exact) mass is 406 g/mol. The average Bonchev–Trinajstić information content (AvgIpc) is 3.09. The summed E-state index contributed by atoms with van der Waals surface area (Å²) >= 11 is 1.39. The van der Waals surface area contributed by atoms with Crippen LogP contribution in [0.25, 0.3) is 10.8 Å². The van der Waals surface area contributed by atoms with Gasteiger partial charge in [0.25, 0.3) is 10.0 Å². The Morgan fingerprint density at radius 3 is 2.64 bits per heavy atom. The lowest BCUT2D eigenvalue weighted by Gasteiger charge is -2.22. The molecule has 0 saturated carbocycles. The van der Waals surface area contributed by atoms with Crippen LogP contribution < -0.4 is 4.31 Å². The van der Waals surface area contributed by atoms with Crippen molar-refractivity contribution in [2.24, 2.45) is 0 Å². The summed E-state index contributed by atoms with van der Waals surface area (Å²) in [5, 5.41) is 11.7. The lowest BCUT2D eigenvalue weighted by Crippen LogP contribution is -2.31. The summed E-state index contributed by atoms with van der Waals surface area (Å²) in [5.74, 6) is 2.47. The maximum atomic E-state index is 13.6. The summed E-state index contributed by atoms with van der Waals surface area (Å²) in [6, 6.07) is 14.8. The van der Waals surface area contributed by atoms with Gasteiger partial charge in [-0.05, 0) is 42.7 Å². The second-order valence-electron chi connectivity index (χ2n) is 6.70. The molecule has 1 aromatic heterocycles. The van der Waals surface area contributed by atoms with Gasteiger partial charge in [0.15, 0.2) is 0 Å². The van der Waals surface area contributed by atoms with Crippen molar-refractivity contribution < 1.29 is 8.42 Å². The molecule has 0 radical (unpaired) electrons. The van der Waals surface area contributed by atoms with Gasteiger partial charge in [0, 0.05) is 10.3 Å². The van der Waals surface area contributed by atoms with Crippen molar-refractivity contribution >= 4 is 37.1 Å². The van der Waals surface area contributed by atoms with E-state index in [1.807, 2.05) is 24.3 Å². The molecule has 0 fully saturated rings. The van der Waals surface area contributed by atoms with Crippen molar-refractivity contribution in [1.29, 1.82) is 5.26 Å². The van der Waals surface area contributed by atoms with E-state index in [4.69, 9.17) is 6.42 Å². The number of aryl methyl sites for hydroxylation is 1. The van der Waals surface area contributed by atoms with Crippen LogP contribution in [0.3, 0.4) is 0 Å². The van der Waals surface area contributed by atoms with Crippen LogP contribution in [0, 0.1) is 23.7 Å². The SMILES string of the molecule is C#CCN(c1sc2c(c1C#N)CCCC2)S(=O)(=O)c1cccc2ccccc12. The van der Waals surface area contributed by atoms with E-state index in [1.165, 1.54) is 15.6 Å². The maximum absolute atomic E-state index is 13.6. The molecule has 1 heterocycles. The number of rotatable bonds is 4. The van der Waals surface area contributed by atoms with Crippen LogP contribution in [0.1, 0.15) is 28.8 Å². The fourth-order valence-corrected chi connectivity index (χ4v) is 6.89. The highest BCUT2D eigenvalue weighted by molar-refractivity contribution is 7.93. The number of nitrogens with zero attached hydrogens (tertiary/aromatic N) is 2. The first-order valence-electron chi connectivity index (χ1n) is 9.06. The van der Waals surface area contributed by atoms with E-state index in [1.54, 1.807) is 18.2 Å². The summed E-state index contributed by atoms with van der Waals surface area (Å²) in [6.07, 6.45) is 9.30. The first kappa shape index (κ1) is 18.6. The Hall–Kier alpha value is -2.80. The Morgan fingerprint density at radius 1 is 1.11 bits per heavy atom. The predicted molar refractivity (Wildman–Crippen MR) is 113 cm³/mol. The van der Waals surface area contributed by atoms with Crippen molar-refractivity contribution in [3.05, 3.63) is 58.5 Å². The zero-order valence-electron chi connectivity index (χ0n) is 15.2. The van der Waals surface area contributed by atoms with Crippen LogP contribution >= 0.6 is 11.3 Å². The van der Waals surface area contributed by atoms with Gasteiger partial charge in [-0.25, -0.2) is 12.7 Å². The van der Waals surface area contributed by atoms with Crippen molar-refractivity contribution in [3.8, 4) is 18.4 Å². The number of hydrogen-bond acceptors (Lipinski definition) is 4. The second-order valence-corrected chi connectivity index (χ2v) is 9.61. The van der Waals surface area contributed by atoms with Gasteiger partial charge < -0.3 is 0 Å². The molecular weight excluding hydrogens is 388 g/mol. The fraction of sp³-hybridized carbons (Fsp3) is 0.227. The highest BCUT2D eigenvalue weighted by Crippen LogP contribution is 2.42. The van der Waals surface area contributed by atoms with Crippen LogP contribution in [0.2, 0.25) is 0 Å². The molecule has 0 unspecified atom stereocenters. The Morgan fingerprint density at radius 2 is 1.86 bits per heavy atom. The molecule has 0 amide bonds. The number of sulfonamides is 1. The lowest BCUT2D eigenvalue weighted by molar-refractivity contribution is 0.594. The van der Waals surface area contributed by atoms with E-state index < -0.39 is 10.0 Å². The molecule has 0 N–H and O–H groups in total. The average molecular weight is 407 g/mol. The van der Waals surface area contributed by atoms with E-state index in [9.17, 15) is 13.7 Å². The topological polar surface area (TPSA) is 61.2 Å². The van der Waals surface area contributed by atoms with Crippen LogP contribution in [-0.4, -0.2) is 15.0 Å². The molecule has 6 heteroatoms. The normalized spacial score (nSPS) is 13.5. The molecule has 0 spiro atoms. The molecule has 140 valence electrons. The van der Waals surface area contributed by atoms with Gasteiger partial charge in [0.05, 0.1) is 17.0 Å². The molecule has 0 atom stereocenters. The Labute approximate surface area is 169 Å². The predicted octanol–water partition coefficient (Wildman–Crippen LogP) is 4.48. The van der Waals surface area contributed by atoms with Gasteiger partial charge in [-0.1, -0.05) is 42.3 Å². The molecule has 0 saturated heterocycles. The summed E-state index contributed by atoms with van der Waals surface area (Å²) in [4.78, 5) is 1.31. The minimum absolute atomic E-state index is 0.111. The molecule has 2 aromatic carbocycles. The number of benzene rings is 2. The minimum atomic E-state index is -3.92. The van der Waals surface area contributed by atoms with E-state index in [-0.39, 0.29) is 11.4 Å². The van der Waals surface area contributed by atoms with E-state index >= 15 is 0 Å². The van der Waals surface area contributed by atoms with Crippen LogP contribution in [0.4, 0.5) is 5.00 Å². The Balaban J connectivity index is 1.93. The van der Waals surface area contributed by atoms with E-state index in [0.717, 1.165) is 41.5 Å². The van der Waals surface area contributed by atoms with Gasteiger partial charge in [0.1, 0.15) is 11.1 Å². The number of thiophene rings is 1. The van der Waals surface area contributed by atoms with Gasteiger partial charge in [0.2, 0.25) is 0 Å². The van der Waals surface area contributed by atoms with Crippen LogP contribution in [0.15, 0.2) is 47.4 Å². The number of hydrogen-bond donors (Lipinski definition) is 0. The van der Waals surface area contributed by atoms with E-state index in [2.05, 4.69) is 12.0 Å². The zero-order chi connectivity index (χ0) is 19.7. The number of terminal acetylenes is 1. The number of nitriles is 1. The molecule has 0 bridgehead atoms. The molecule has 3 aromatic rings. The highest BCUT2D eigenvalue weighted by Gasteiger charge is 2.32. The van der Waals surface area contributed by atoms with Gasteiger partial charge >= 0.3 is 0 Å². The molecule has 1 aliphatic rings. The lowest BCUT2D eigenvalue weighted by atomic mass is 9.96. The first-order valence-corrected chi connectivity index (χ1v) is 11.3. The summed E-state index contributed by atoms with van der Waals surface area (Å²) < 4.78 is 28.5. The molecular formula is C22H18N2O2S2. The van der Waals surface area contributed by atoms with Crippen LogP contribution in [-0.2, 0) is 22.9 Å². The van der Waals surface area contributed by atoms with Crippen LogP contribution in [0.5, 0.6) is 0 Å². The zero-order valence-corrected chi connectivity index (χ0v) is 16.8. The summed E-state index contributed by atoms with van der Waals surface area (Å²) in [6.45, 7) is -0.111. The maximum Gasteiger partial charge on any atom is 0.266 e. The molecule has 4 nitrogen and oxygen atoms in total. The first-order chi connectivity index (χ1) is 13.6. The second kappa shape index (κ2) is 7.31. The molecule has 0 aliphatic heterocycles. The smallest absolute Gasteiger partial charge is 0.244 e. The van der Waals surface area contributed by atoms with Gasteiger partial charge in [-0.3, -0.25) is 0 Å². The molecule has 4 rings (SSSR count). The van der Waals surface area contributed by atoms with Gasteiger partial charge in [-0.2, -0.15) is 5.26 Å². The minimum Gasteiger partial charge on any atom is -0.244 e. The fourth-order valence-electron chi connectivity index (χ4n) is 3.73. The largest absolute Gasteiger partial charge is 0.266 e. The third-order valence-electron chi connectivity index (χ3n) is 5.04. The standard InChI is InChI=1S/C22H18N2O2S2/c1-2-14-24(22-19(15-23)18-11-5-6-12-20(18)27-22)28(25,26)21-13-7-9-16-8-3-4-10-17(16)21/h1,3-4,7-10,13H,5-6,11-12,14H2. The quantitative estimate of drug-likeness (QED) is 0.600. The Bertz CT molecular complexity index is 1240. The number of anilines is 1. The molecule has 1 aliphatic carbocycles. The van der Waals surface area contributed by atoms with Crippen molar-refractivity contribution in [2.45, 2.75) is 30.6 Å². The summed E-state index contributed by atoms with van der Waals surface area (Å²) in [7, 11) is -3.92. The third-order valence-corrected chi connectivity index (χ3v) is 8.28. The third kappa shape index (κ3) is 2.96. The molecule has 28 heavy (non-hydrogen) atoms. The number of fused-ring (bicyclic) bond motifs is 2. The summed E-state index contributed by atoms with van der Waals surface area (Å²) in [5.41, 5.74) is 1.45. The Kier molecular flexibility index (Phi) is 4.85. The van der Waals surface area contributed by atoms with Gasteiger partial charge in [-0.15, -0.1) is 17.8 Å². The highest BCUT2D eigenvalue weighted by atomic mass is 32.2. The van der Waals surface area contributed by atoms with Crippen molar-refractivity contribution in [2.75, 3.05) is 10.8 Å². The van der Waals surface area contributed by atoms with Crippen molar-refractivity contribution in [1.82, 2.24) is 0 Å². The van der Waals surface area contributed by atoms with Crippen molar-refractivity contribution in [3.63, 3.8) is 0 Å².